The van der Waals surface area contributed by atoms with Crippen molar-refractivity contribution >= 4 is 17.5 Å². The molecule has 4 nitrogen and oxygen atoms in total. The van der Waals surface area contributed by atoms with Crippen molar-refractivity contribution < 1.29 is 14.3 Å². The molecule has 19 heavy (non-hydrogen) atoms. The van der Waals surface area contributed by atoms with E-state index in [0.29, 0.717) is 17.3 Å². The average molecular weight is 284 g/mol. The number of carbonyl (C=O) groups is 1. The Morgan fingerprint density at radius 2 is 2.21 bits per heavy atom. The Balaban J connectivity index is 1.75. The highest BCUT2D eigenvalue weighted by Gasteiger charge is 2.20. The van der Waals surface area contributed by atoms with Crippen molar-refractivity contribution in [2.75, 3.05) is 26.8 Å². The lowest BCUT2D eigenvalue weighted by Gasteiger charge is -2.20. The maximum atomic E-state index is 11.9. The highest BCUT2D eigenvalue weighted by atomic mass is 35.5. The maximum absolute atomic E-state index is 11.9. The van der Waals surface area contributed by atoms with Crippen LogP contribution >= 0.6 is 11.6 Å². The molecule has 1 aliphatic heterocycles. The zero-order chi connectivity index (χ0) is 13.7. The van der Waals surface area contributed by atoms with E-state index in [-0.39, 0.29) is 18.6 Å². The first-order valence-corrected chi connectivity index (χ1v) is 6.77. The molecule has 1 aromatic carbocycles. The van der Waals surface area contributed by atoms with Gasteiger partial charge in [-0.05, 0) is 37.1 Å². The molecule has 0 bridgehead atoms. The first-order chi connectivity index (χ1) is 9.15. The van der Waals surface area contributed by atoms with E-state index in [1.54, 1.807) is 36.2 Å². The number of likely N-dealkylation sites (N-methyl/N-ethyl adjacent to an activating group) is 1. The lowest BCUT2D eigenvalue weighted by molar-refractivity contribution is -0.133. The third kappa shape index (κ3) is 4.40. The molecule has 1 atom stereocenters. The lowest BCUT2D eigenvalue weighted by atomic mass is 10.2. The van der Waals surface area contributed by atoms with Crippen molar-refractivity contribution in [2.45, 2.75) is 18.9 Å². The highest BCUT2D eigenvalue weighted by molar-refractivity contribution is 6.30. The highest BCUT2D eigenvalue weighted by Crippen LogP contribution is 2.16. The fourth-order valence-electron chi connectivity index (χ4n) is 1.98. The summed E-state index contributed by atoms with van der Waals surface area (Å²) in [5.74, 6) is 0.591. The second-order valence-corrected chi connectivity index (χ2v) is 5.09. The van der Waals surface area contributed by atoms with Gasteiger partial charge < -0.3 is 14.4 Å². The Morgan fingerprint density at radius 3 is 2.84 bits per heavy atom. The van der Waals surface area contributed by atoms with E-state index < -0.39 is 0 Å². The zero-order valence-electron chi connectivity index (χ0n) is 11.0. The van der Waals surface area contributed by atoms with Crippen molar-refractivity contribution in [3.63, 3.8) is 0 Å². The summed E-state index contributed by atoms with van der Waals surface area (Å²) in [5.41, 5.74) is 0. The zero-order valence-corrected chi connectivity index (χ0v) is 11.7. The third-order valence-corrected chi connectivity index (χ3v) is 3.36. The van der Waals surface area contributed by atoms with Crippen LogP contribution in [0.2, 0.25) is 5.02 Å². The predicted molar refractivity (Wildman–Crippen MR) is 73.6 cm³/mol. The minimum absolute atomic E-state index is 0.0326. The van der Waals surface area contributed by atoms with E-state index in [1.807, 2.05) is 0 Å². The number of nitrogens with zero attached hydrogens (tertiary/aromatic N) is 1. The van der Waals surface area contributed by atoms with E-state index in [4.69, 9.17) is 21.1 Å². The summed E-state index contributed by atoms with van der Waals surface area (Å²) in [6.07, 6.45) is 2.27. The minimum Gasteiger partial charge on any atom is -0.484 e. The molecule has 1 aromatic rings. The van der Waals surface area contributed by atoms with Gasteiger partial charge in [0, 0.05) is 25.2 Å². The van der Waals surface area contributed by atoms with Gasteiger partial charge in [-0.3, -0.25) is 4.79 Å². The molecule has 0 spiro atoms. The SMILES string of the molecule is CN(CC1CCCO1)C(=O)COc1ccc(Cl)cc1. The number of amides is 1. The maximum Gasteiger partial charge on any atom is 0.260 e. The molecule has 1 amide bonds. The van der Waals surface area contributed by atoms with Gasteiger partial charge in [0.2, 0.25) is 0 Å². The van der Waals surface area contributed by atoms with Crippen molar-refractivity contribution in [1.29, 1.82) is 0 Å². The van der Waals surface area contributed by atoms with Crippen molar-refractivity contribution in [1.82, 2.24) is 4.90 Å². The molecule has 0 radical (unpaired) electrons. The van der Waals surface area contributed by atoms with E-state index in [1.165, 1.54) is 0 Å². The van der Waals surface area contributed by atoms with Gasteiger partial charge in [0.15, 0.2) is 6.61 Å². The van der Waals surface area contributed by atoms with Crippen LogP contribution in [0.1, 0.15) is 12.8 Å². The largest absolute Gasteiger partial charge is 0.484 e. The van der Waals surface area contributed by atoms with Crippen LogP contribution in [-0.4, -0.2) is 43.7 Å². The second-order valence-electron chi connectivity index (χ2n) is 4.65. The van der Waals surface area contributed by atoms with E-state index in [9.17, 15) is 4.79 Å². The molecule has 5 heteroatoms. The number of ether oxygens (including phenoxy) is 2. The number of benzene rings is 1. The summed E-state index contributed by atoms with van der Waals surface area (Å²) >= 11 is 5.78. The molecular weight excluding hydrogens is 266 g/mol. The molecule has 1 aliphatic rings. The normalized spacial score (nSPS) is 18.3. The Hall–Kier alpha value is -1.26. The topological polar surface area (TPSA) is 38.8 Å². The molecule has 1 fully saturated rings. The molecular formula is C14H18ClNO3. The van der Waals surface area contributed by atoms with Gasteiger partial charge in [-0.25, -0.2) is 0 Å². The summed E-state index contributed by atoms with van der Waals surface area (Å²) in [6, 6.07) is 6.96. The van der Waals surface area contributed by atoms with Crippen LogP contribution in [0.4, 0.5) is 0 Å². The number of rotatable bonds is 5. The van der Waals surface area contributed by atoms with Gasteiger partial charge in [-0.15, -0.1) is 0 Å². The van der Waals surface area contributed by atoms with Gasteiger partial charge in [0.25, 0.3) is 5.91 Å². The predicted octanol–water partition coefficient (Wildman–Crippen LogP) is 2.36. The first kappa shape index (κ1) is 14.2. The van der Waals surface area contributed by atoms with Gasteiger partial charge in [-0.2, -0.15) is 0 Å². The van der Waals surface area contributed by atoms with Crippen LogP contribution < -0.4 is 4.74 Å². The summed E-state index contributed by atoms with van der Waals surface area (Å²) in [4.78, 5) is 13.5. The van der Waals surface area contributed by atoms with E-state index in [0.717, 1.165) is 19.4 Å². The molecule has 0 aromatic heterocycles. The number of hydrogen-bond acceptors (Lipinski definition) is 3. The Bertz CT molecular complexity index is 415. The second kappa shape index (κ2) is 6.78. The third-order valence-electron chi connectivity index (χ3n) is 3.10. The minimum atomic E-state index is -0.0505. The smallest absolute Gasteiger partial charge is 0.260 e. The number of hydrogen-bond donors (Lipinski definition) is 0. The van der Waals surface area contributed by atoms with Crippen LogP contribution in [0.3, 0.4) is 0 Å². The molecule has 0 N–H and O–H groups in total. The van der Waals surface area contributed by atoms with Crippen LogP contribution in [0.5, 0.6) is 5.75 Å². The summed E-state index contributed by atoms with van der Waals surface area (Å²) in [5, 5.41) is 0.647. The molecule has 1 saturated heterocycles. The Labute approximate surface area is 118 Å². The van der Waals surface area contributed by atoms with Gasteiger partial charge in [-0.1, -0.05) is 11.6 Å². The average Bonchev–Trinajstić information content (AvgIpc) is 2.90. The van der Waals surface area contributed by atoms with Gasteiger partial charge in [0.1, 0.15) is 5.75 Å². The quantitative estimate of drug-likeness (QED) is 0.833. The Kier molecular flexibility index (Phi) is 5.05. The van der Waals surface area contributed by atoms with E-state index >= 15 is 0 Å². The van der Waals surface area contributed by atoms with Crippen LogP contribution in [0.25, 0.3) is 0 Å². The van der Waals surface area contributed by atoms with Crippen molar-refractivity contribution in [3.05, 3.63) is 29.3 Å². The molecule has 1 unspecified atom stereocenters. The fraction of sp³-hybridized carbons (Fsp3) is 0.500. The van der Waals surface area contributed by atoms with Crippen LogP contribution in [0.15, 0.2) is 24.3 Å². The van der Waals surface area contributed by atoms with Gasteiger partial charge in [0.05, 0.1) is 6.10 Å². The fourth-order valence-corrected chi connectivity index (χ4v) is 2.11. The standard InChI is InChI=1S/C14H18ClNO3/c1-16(9-13-3-2-8-18-13)14(17)10-19-12-6-4-11(15)5-7-12/h4-7,13H,2-3,8-10H2,1H3. The number of carbonyl (C=O) groups excluding carboxylic acids is 1. The van der Waals surface area contributed by atoms with Crippen molar-refractivity contribution in [2.24, 2.45) is 0 Å². The first-order valence-electron chi connectivity index (χ1n) is 6.39. The Morgan fingerprint density at radius 1 is 1.47 bits per heavy atom. The van der Waals surface area contributed by atoms with E-state index in [2.05, 4.69) is 0 Å². The molecule has 1 heterocycles. The summed E-state index contributed by atoms with van der Waals surface area (Å²) in [7, 11) is 1.77. The lowest BCUT2D eigenvalue weighted by Crippen LogP contribution is -2.37. The van der Waals surface area contributed by atoms with Crippen molar-refractivity contribution in [3.8, 4) is 5.75 Å². The molecule has 0 saturated carbocycles. The molecule has 104 valence electrons. The number of halogens is 1. The van der Waals surface area contributed by atoms with Gasteiger partial charge >= 0.3 is 0 Å². The van der Waals surface area contributed by atoms with Crippen LogP contribution in [-0.2, 0) is 9.53 Å². The summed E-state index contributed by atoms with van der Waals surface area (Å²) in [6.45, 7) is 1.46. The molecule has 2 rings (SSSR count). The summed E-state index contributed by atoms with van der Waals surface area (Å²) < 4.78 is 10.9. The monoisotopic (exact) mass is 283 g/mol. The molecule has 0 aliphatic carbocycles. The van der Waals surface area contributed by atoms with Crippen LogP contribution in [0, 0.1) is 0 Å².